The highest BCUT2D eigenvalue weighted by Crippen LogP contribution is 2.31. The van der Waals surface area contributed by atoms with E-state index in [1.165, 1.54) is 0 Å². The summed E-state index contributed by atoms with van der Waals surface area (Å²) in [5, 5.41) is 8.97. The minimum absolute atomic E-state index is 0.00442. The molecule has 3 heterocycles. The lowest BCUT2D eigenvalue weighted by atomic mass is 9.99. The van der Waals surface area contributed by atoms with E-state index < -0.39 is 0 Å². The van der Waals surface area contributed by atoms with Crippen LogP contribution in [0.25, 0.3) is 22.4 Å². The van der Waals surface area contributed by atoms with Crippen LogP contribution in [0.3, 0.4) is 0 Å². The Balaban J connectivity index is 1.24. The van der Waals surface area contributed by atoms with Crippen molar-refractivity contribution in [3.8, 4) is 17.1 Å². The fourth-order valence-corrected chi connectivity index (χ4v) is 3.50. The van der Waals surface area contributed by atoms with E-state index in [1.54, 1.807) is 12.0 Å². The number of benzene rings is 2. The van der Waals surface area contributed by atoms with Gasteiger partial charge in [0.2, 0.25) is 17.6 Å². The highest BCUT2D eigenvalue weighted by atomic mass is 16.5. The second-order valence-corrected chi connectivity index (χ2v) is 6.95. The SMILES string of the molecule is COc1ccccc1-c1noc(C2CN(C(=O)Cc3noc4ccccc34)C2)n1. The molecular formula is C21H18N4O4. The Morgan fingerprint density at radius 1 is 1.10 bits per heavy atom. The Morgan fingerprint density at radius 2 is 1.90 bits per heavy atom. The van der Waals surface area contributed by atoms with Gasteiger partial charge in [0, 0.05) is 18.5 Å². The van der Waals surface area contributed by atoms with Gasteiger partial charge in [0.05, 0.1) is 25.0 Å². The van der Waals surface area contributed by atoms with E-state index in [0.717, 1.165) is 10.9 Å². The topological polar surface area (TPSA) is 94.5 Å². The van der Waals surface area contributed by atoms with Crippen molar-refractivity contribution >= 4 is 16.9 Å². The molecule has 2 aromatic carbocycles. The molecule has 8 nitrogen and oxygen atoms in total. The number of amides is 1. The standard InChI is InChI=1S/C21H18N4O4/c1-27-17-8-4-3-7-15(17)20-22-21(29-24-20)13-11-25(12-13)19(26)10-16-14-6-2-5-9-18(14)28-23-16/h2-9,13H,10-12H2,1H3. The molecule has 0 radical (unpaired) electrons. The Bertz CT molecular complexity index is 1180. The molecule has 1 amide bonds. The fraction of sp³-hybridized carbons (Fsp3) is 0.238. The average Bonchev–Trinajstić information content (AvgIpc) is 3.35. The third kappa shape index (κ3) is 3.12. The summed E-state index contributed by atoms with van der Waals surface area (Å²) in [7, 11) is 1.60. The van der Waals surface area contributed by atoms with Gasteiger partial charge in [0.1, 0.15) is 11.4 Å². The van der Waals surface area contributed by atoms with Crippen LogP contribution in [0.2, 0.25) is 0 Å². The van der Waals surface area contributed by atoms with Crippen LogP contribution in [0.1, 0.15) is 17.5 Å². The number of hydrogen-bond acceptors (Lipinski definition) is 7. The number of carbonyl (C=O) groups excluding carboxylic acids is 1. The summed E-state index contributed by atoms with van der Waals surface area (Å²) in [6.07, 6.45) is 0.208. The molecule has 2 aromatic heterocycles. The van der Waals surface area contributed by atoms with Crippen LogP contribution in [0, 0.1) is 0 Å². The highest BCUT2D eigenvalue weighted by molar-refractivity contribution is 5.86. The van der Waals surface area contributed by atoms with Crippen LogP contribution < -0.4 is 4.74 Å². The number of likely N-dealkylation sites (tertiary alicyclic amines) is 1. The van der Waals surface area contributed by atoms with Gasteiger partial charge in [-0.25, -0.2) is 0 Å². The second-order valence-electron chi connectivity index (χ2n) is 6.95. The maximum absolute atomic E-state index is 12.6. The first-order chi connectivity index (χ1) is 14.2. The normalized spacial score (nSPS) is 14.2. The molecule has 146 valence electrons. The monoisotopic (exact) mass is 390 g/mol. The lowest BCUT2D eigenvalue weighted by Crippen LogP contribution is -2.49. The summed E-state index contributed by atoms with van der Waals surface area (Å²) in [5.74, 6) is 1.73. The van der Waals surface area contributed by atoms with Crippen molar-refractivity contribution in [2.45, 2.75) is 12.3 Å². The number of aromatic nitrogens is 3. The third-order valence-electron chi connectivity index (χ3n) is 5.14. The summed E-state index contributed by atoms with van der Waals surface area (Å²) in [6, 6.07) is 15.0. The molecule has 4 aromatic rings. The van der Waals surface area contributed by atoms with Gasteiger partial charge in [-0.15, -0.1) is 0 Å². The number of para-hydroxylation sites is 2. The van der Waals surface area contributed by atoms with Crippen molar-refractivity contribution < 1.29 is 18.6 Å². The first kappa shape index (κ1) is 17.4. The number of ether oxygens (including phenoxy) is 1. The average molecular weight is 390 g/mol. The molecule has 0 bridgehead atoms. The minimum Gasteiger partial charge on any atom is -0.496 e. The molecule has 1 fully saturated rings. The maximum Gasteiger partial charge on any atom is 0.233 e. The van der Waals surface area contributed by atoms with Gasteiger partial charge in [-0.2, -0.15) is 4.98 Å². The molecule has 0 N–H and O–H groups in total. The number of methoxy groups -OCH3 is 1. The largest absolute Gasteiger partial charge is 0.496 e. The molecule has 5 rings (SSSR count). The van der Waals surface area contributed by atoms with Crippen LogP contribution in [-0.2, 0) is 11.2 Å². The second kappa shape index (κ2) is 7.05. The summed E-state index contributed by atoms with van der Waals surface area (Å²) >= 11 is 0. The minimum atomic E-state index is 0.00442. The first-order valence-electron chi connectivity index (χ1n) is 9.31. The van der Waals surface area contributed by atoms with Crippen LogP contribution in [0.15, 0.2) is 57.6 Å². The molecule has 1 saturated heterocycles. The van der Waals surface area contributed by atoms with E-state index in [1.807, 2.05) is 48.5 Å². The summed E-state index contributed by atoms with van der Waals surface area (Å²) in [5.41, 5.74) is 2.12. The quantitative estimate of drug-likeness (QED) is 0.517. The van der Waals surface area contributed by atoms with Gasteiger partial charge in [0.15, 0.2) is 5.58 Å². The number of hydrogen-bond donors (Lipinski definition) is 0. The lowest BCUT2D eigenvalue weighted by molar-refractivity contribution is -0.135. The molecule has 0 atom stereocenters. The molecule has 0 aliphatic carbocycles. The van der Waals surface area contributed by atoms with Gasteiger partial charge >= 0.3 is 0 Å². The van der Waals surface area contributed by atoms with Gasteiger partial charge in [-0.05, 0) is 24.3 Å². The van der Waals surface area contributed by atoms with Gasteiger partial charge < -0.3 is 18.7 Å². The third-order valence-corrected chi connectivity index (χ3v) is 5.14. The van der Waals surface area contributed by atoms with E-state index in [2.05, 4.69) is 15.3 Å². The molecule has 0 saturated carbocycles. The van der Waals surface area contributed by atoms with E-state index in [9.17, 15) is 4.79 Å². The molecular weight excluding hydrogens is 372 g/mol. The molecule has 8 heteroatoms. The van der Waals surface area contributed by atoms with Crippen molar-refractivity contribution in [2.24, 2.45) is 0 Å². The van der Waals surface area contributed by atoms with Gasteiger partial charge in [-0.3, -0.25) is 4.79 Å². The zero-order valence-corrected chi connectivity index (χ0v) is 15.7. The van der Waals surface area contributed by atoms with E-state index in [-0.39, 0.29) is 18.2 Å². The molecule has 1 aliphatic rings. The van der Waals surface area contributed by atoms with E-state index in [4.69, 9.17) is 13.8 Å². The summed E-state index contributed by atoms with van der Waals surface area (Å²) in [6.45, 7) is 1.09. The maximum atomic E-state index is 12.6. The molecule has 0 spiro atoms. The van der Waals surface area contributed by atoms with Gasteiger partial charge in [0.25, 0.3) is 0 Å². The van der Waals surface area contributed by atoms with Crippen molar-refractivity contribution in [1.29, 1.82) is 0 Å². The van der Waals surface area contributed by atoms with Crippen LogP contribution in [-0.4, -0.2) is 46.3 Å². The predicted molar refractivity (Wildman–Crippen MR) is 103 cm³/mol. The Kier molecular flexibility index (Phi) is 4.23. The summed E-state index contributed by atoms with van der Waals surface area (Å²) < 4.78 is 16.1. The zero-order valence-electron chi connectivity index (χ0n) is 15.7. The van der Waals surface area contributed by atoms with Crippen molar-refractivity contribution in [1.82, 2.24) is 20.2 Å². The van der Waals surface area contributed by atoms with Crippen LogP contribution in [0.4, 0.5) is 0 Å². The molecule has 0 unspecified atom stereocenters. The van der Waals surface area contributed by atoms with E-state index in [0.29, 0.717) is 41.8 Å². The Labute approximate surface area is 166 Å². The number of rotatable bonds is 5. The van der Waals surface area contributed by atoms with Crippen LogP contribution >= 0.6 is 0 Å². The smallest absolute Gasteiger partial charge is 0.233 e. The Hall–Kier alpha value is -3.68. The summed E-state index contributed by atoms with van der Waals surface area (Å²) in [4.78, 5) is 18.8. The van der Waals surface area contributed by atoms with Crippen molar-refractivity contribution in [3.63, 3.8) is 0 Å². The molecule has 1 aliphatic heterocycles. The van der Waals surface area contributed by atoms with Crippen LogP contribution in [0.5, 0.6) is 5.75 Å². The number of fused-ring (bicyclic) bond motifs is 1. The first-order valence-corrected chi connectivity index (χ1v) is 9.31. The predicted octanol–water partition coefficient (Wildman–Crippen LogP) is 3.05. The highest BCUT2D eigenvalue weighted by Gasteiger charge is 2.36. The van der Waals surface area contributed by atoms with Crippen molar-refractivity contribution in [3.05, 3.63) is 60.1 Å². The van der Waals surface area contributed by atoms with Crippen molar-refractivity contribution in [2.75, 3.05) is 20.2 Å². The van der Waals surface area contributed by atoms with Gasteiger partial charge in [-0.1, -0.05) is 34.6 Å². The van der Waals surface area contributed by atoms with E-state index >= 15 is 0 Å². The Morgan fingerprint density at radius 3 is 2.76 bits per heavy atom. The number of carbonyl (C=O) groups is 1. The molecule has 29 heavy (non-hydrogen) atoms. The number of nitrogens with zero attached hydrogens (tertiary/aromatic N) is 4. The lowest BCUT2D eigenvalue weighted by Gasteiger charge is -2.37. The fourth-order valence-electron chi connectivity index (χ4n) is 3.50. The zero-order chi connectivity index (χ0) is 19.8.